The summed E-state index contributed by atoms with van der Waals surface area (Å²) in [6.07, 6.45) is 1.63. The quantitative estimate of drug-likeness (QED) is 0.470. The summed E-state index contributed by atoms with van der Waals surface area (Å²) in [4.78, 5) is 0.753. The minimum atomic E-state index is 0.0496. The van der Waals surface area contributed by atoms with E-state index in [9.17, 15) is 0 Å². The molecule has 0 saturated carbocycles. The van der Waals surface area contributed by atoms with Crippen LogP contribution in [0, 0.1) is 0 Å². The van der Waals surface area contributed by atoms with Crippen molar-refractivity contribution in [3.63, 3.8) is 0 Å². The molecule has 0 bridgehead atoms. The first-order valence-corrected chi connectivity index (χ1v) is 9.08. The molecule has 126 valence electrons. The van der Waals surface area contributed by atoms with Gasteiger partial charge in [-0.05, 0) is 23.3 Å². The molecule has 0 saturated heterocycles. The van der Waals surface area contributed by atoms with Gasteiger partial charge in [-0.25, -0.2) is 0 Å². The number of rotatable bonds is 4. The summed E-state index contributed by atoms with van der Waals surface area (Å²) < 4.78 is 7.23. The lowest BCUT2D eigenvalue weighted by molar-refractivity contribution is 0.574. The van der Waals surface area contributed by atoms with Crippen LogP contribution < -0.4 is 0 Å². The minimum Gasteiger partial charge on any atom is -0.461 e. The fourth-order valence-corrected chi connectivity index (χ4v) is 4.07. The molecule has 0 fully saturated rings. The second kappa shape index (κ2) is 6.24. The third kappa shape index (κ3) is 2.51. The van der Waals surface area contributed by atoms with Crippen LogP contribution in [0.25, 0.3) is 16.5 Å². The van der Waals surface area contributed by atoms with Crippen molar-refractivity contribution in [1.82, 2.24) is 19.8 Å². The third-order valence-corrected chi connectivity index (χ3v) is 5.22. The lowest BCUT2D eigenvalue weighted by Crippen LogP contribution is -2.04. The maximum absolute atomic E-state index is 5.47. The second-order valence-corrected chi connectivity index (χ2v) is 6.88. The van der Waals surface area contributed by atoms with E-state index in [-0.39, 0.29) is 5.92 Å². The first kappa shape index (κ1) is 15.0. The van der Waals surface area contributed by atoms with Gasteiger partial charge in [-0.1, -0.05) is 72.0 Å². The van der Waals surface area contributed by atoms with Crippen LogP contribution in [0.5, 0.6) is 0 Å². The molecular weight excluding hydrogens is 344 g/mol. The molecule has 5 nitrogen and oxygen atoms in total. The minimum absolute atomic E-state index is 0.0496. The van der Waals surface area contributed by atoms with E-state index >= 15 is 0 Å². The molecule has 5 aromatic rings. The second-order valence-electron chi connectivity index (χ2n) is 5.89. The smallest absolute Gasteiger partial charge is 0.235 e. The van der Waals surface area contributed by atoms with Gasteiger partial charge in [-0.15, -0.1) is 10.2 Å². The molecule has 0 aliphatic heterocycles. The molecule has 5 rings (SSSR count). The number of hydrogen-bond donors (Lipinski definition) is 0. The average Bonchev–Trinajstić information content (AvgIpc) is 3.41. The van der Waals surface area contributed by atoms with E-state index in [0.29, 0.717) is 11.6 Å². The van der Waals surface area contributed by atoms with Gasteiger partial charge in [0.15, 0.2) is 5.76 Å². The van der Waals surface area contributed by atoms with E-state index in [1.54, 1.807) is 22.1 Å². The summed E-state index contributed by atoms with van der Waals surface area (Å²) in [5.74, 6) is 1.33. The van der Waals surface area contributed by atoms with Crippen LogP contribution in [0.1, 0.15) is 22.1 Å². The molecule has 0 spiro atoms. The van der Waals surface area contributed by atoms with Gasteiger partial charge in [-0.3, -0.25) is 0 Å². The van der Waals surface area contributed by atoms with Crippen LogP contribution in [-0.2, 0) is 0 Å². The SMILES string of the molecule is c1ccc(C(c2ccccc2)c2nn3c(-c4ccco4)nnc3s2)cc1. The van der Waals surface area contributed by atoms with E-state index < -0.39 is 0 Å². The molecular formula is C20H14N4OS. The Bertz CT molecular complexity index is 1090. The van der Waals surface area contributed by atoms with Gasteiger partial charge in [0.1, 0.15) is 5.01 Å². The number of benzene rings is 2. The van der Waals surface area contributed by atoms with Crippen molar-refractivity contribution >= 4 is 16.3 Å². The highest BCUT2D eigenvalue weighted by molar-refractivity contribution is 7.16. The van der Waals surface area contributed by atoms with Crippen LogP contribution in [0.4, 0.5) is 0 Å². The number of hydrogen-bond acceptors (Lipinski definition) is 5. The van der Waals surface area contributed by atoms with Gasteiger partial charge < -0.3 is 4.42 Å². The summed E-state index contributed by atoms with van der Waals surface area (Å²) in [5.41, 5.74) is 2.39. The maximum Gasteiger partial charge on any atom is 0.235 e. The normalized spacial score (nSPS) is 11.4. The summed E-state index contributed by atoms with van der Waals surface area (Å²) in [7, 11) is 0. The van der Waals surface area contributed by atoms with E-state index in [1.165, 1.54) is 11.1 Å². The van der Waals surface area contributed by atoms with Gasteiger partial charge in [0.25, 0.3) is 0 Å². The van der Waals surface area contributed by atoms with Crippen molar-refractivity contribution in [2.45, 2.75) is 5.92 Å². The molecule has 3 heterocycles. The first-order chi connectivity index (χ1) is 12.9. The van der Waals surface area contributed by atoms with E-state index in [2.05, 4.69) is 58.7 Å². The van der Waals surface area contributed by atoms with Gasteiger partial charge in [-0.2, -0.15) is 9.61 Å². The number of fused-ring (bicyclic) bond motifs is 1. The fraction of sp³-hybridized carbons (Fsp3) is 0.0500. The summed E-state index contributed by atoms with van der Waals surface area (Å²) in [6.45, 7) is 0. The topological polar surface area (TPSA) is 56.2 Å². The van der Waals surface area contributed by atoms with Gasteiger partial charge in [0, 0.05) is 0 Å². The Balaban J connectivity index is 1.67. The van der Waals surface area contributed by atoms with Gasteiger partial charge in [0.2, 0.25) is 10.8 Å². The summed E-state index contributed by atoms with van der Waals surface area (Å²) in [6, 6.07) is 24.5. The molecule has 0 amide bonds. The Morgan fingerprint density at radius 2 is 1.50 bits per heavy atom. The highest BCUT2D eigenvalue weighted by Crippen LogP contribution is 2.35. The van der Waals surface area contributed by atoms with E-state index in [1.807, 2.05) is 24.3 Å². The molecule has 2 aromatic carbocycles. The Morgan fingerprint density at radius 1 is 0.808 bits per heavy atom. The molecule has 3 aromatic heterocycles. The zero-order valence-corrected chi connectivity index (χ0v) is 14.5. The van der Waals surface area contributed by atoms with Crippen molar-refractivity contribution in [1.29, 1.82) is 0 Å². The fourth-order valence-electron chi connectivity index (χ4n) is 3.08. The van der Waals surface area contributed by atoms with Crippen molar-refractivity contribution < 1.29 is 4.42 Å². The highest BCUT2D eigenvalue weighted by Gasteiger charge is 2.23. The third-order valence-electron chi connectivity index (χ3n) is 4.26. The standard InChI is InChI=1S/C20H14N4OS/c1-3-8-14(9-4-1)17(15-10-5-2-6-11-15)19-23-24-18(16-12-7-13-25-16)21-22-20(24)26-19/h1-13,17H. The lowest BCUT2D eigenvalue weighted by Gasteiger charge is -2.15. The number of furan rings is 1. The largest absolute Gasteiger partial charge is 0.461 e. The molecule has 0 radical (unpaired) electrons. The molecule has 0 aliphatic rings. The Morgan fingerprint density at radius 3 is 2.12 bits per heavy atom. The predicted molar refractivity (Wildman–Crippen MR) is 100 cm³/mol. The van der Waals surface area contributed by atoms with Crippen LogP contribution in [0.2, 0.25) is 0 Å². The number of aromatic nitrogens is 4. The Hall–Kier alpha value is -3.25. The van der Waals surface area contributed by atoms with Crippen LogP contribution in [0.3, 0.4) is 0 Å². The van der Waals surface area contributed by atoms with Crippen LogP contribution in [-0.4, -0.2) is 19.8 Å². The Labute approximate surface area is 153 Å². The van der Waals surface area contributed by atoms with Crippen molar-refractivity contribution in [3.05, 3.63) is 95.2 Å². The molecule has 0 aliphatic carbocycles. The zero-order chi connectivity index (χ0) is 17.3. The average molecular weight is 358 g/mol. The summed E-state index contributed by atoms with van der Waals surface area (Å²) in [5, 5.41) is 14.3. The maximum atomic E-state index is 5.47. The molecule has 0 unspecified atom stereocenters. The Kier molecular flexibility index (Phi) is 3.61. The van der Waals surface area contributed by atoms with Crippen LogP contribution >= 0.6 is 11.3 Å². The van der Waals surface area contributed by atoms with Crippen molar-refractivity contribution in [2.75, 3.05) is 0 Å². The van der Waals surface area contributed by atoms with Gasteiger partial charge in [0.05, 0.1) is 12.2 Å². The monoisotopic (exact) mass is 358 g/mol. The van der Waals surface area contributed by atoms with E-state index in [0.717, 1.165) is 9.97 Å². The van der Waals surface area contributed by atoms with Gasteiger partial charge >= 0.3 is 0 Å². The predicted octanol–water partition coefficient (Wildman–Crippen LogP) is 4.63. The van der Waals surface area contributed by atoms with Crippen molar-refractivity contribution in [3.8, 4) is 11.6 Å². The van der Waals surface area contributed by atoms with Crippen LogP contribution in [0.15, 0.2) is 83.5 Å². The first-order valence-electron chi connectivity index (χ1n) is 8.26. The molecule has 0 N–H and O–H groups in total. The molecule has 6 heteroatoms. The van der Waals surface area contributed by atoms with Crippen molar-refractivity contribution in [2.24, 2.45) is 0 Å². The lowest BCUT2D eigenvalue weighted by atomic mass is 9.92. The van der Waals surface area contributed by atoms with E-state index in [4.69, 9.17) is 9.52 Å². The number of nitrogens with zero attached hydrogens (tertiary/aromatic N) is 4. The molecule has 0 atom stereocenters. The summed E-state index contributed by atoms with van der Waals surface area (Å²) >= 11 is 1.55. The molecule has 26 heavy (non-hydrogen) atoms. The zero-order valence-electron chi connectivity index (χ0n) is 13.7. The highest BCUT2D eigenvalue weighted by atomic mass is 32.1.